The average molecular weight is 390 g/mol. The van der Waals surface area contributed by atoms with Crippen LogP contribution in [0.2, 0.25) is 5.02 Å². The molecule has 0 amide bonds. The first-order valence-electron chi connectivity index (χ1n) is 6.09. The molecular formula is C14H14BrClN2O2S. The molecule has 0 saturated heterocycles. The van der Waals surface area contributed by atoms with E-state index in [0.717, 1.165) is 22.0 Å². The van der Waals surface area contributed by atoms with Crippen LogP contribution >= 0.6 is 27.5 Å². The molecule has 2 aromatic rings. The van der Waals surface area contributed by atoms with Crippen LogP contribution in [0.15, 0.2) is 46.9 Å². The highest BCUT2D eigenvalue weighted by atomic mass is 79.9. The molecular weight excluding hydrogens is 376 g/mol. The number of benzene rings is 2. The van der Waals surface area contributed by atoms with Crippen LogP contribution in [0.3, 0.4) is 0 Å². The molecule has 0 aromatic heterocycles. The summed E-state index contributed by atoms with van der Waals surface area (Å²) in [5.74, 6) is 0. The minimum atomic E-state index is -3.27. The standard InChI is InChI=1S/C14H14BrClN2O2S/c1-21(19,20)18-13-4-2-3-12(8-13)17-9-10-5-6-11(16)7-14(10)15/h2-8,17-18H,9H2,1H3. The van der Waals surface area contributed by atoms with Gasteiger partial charge < -0.3 is 5.32 Å². The summed E-state index contributed by atoms with van der Waals surface area (Å²) in [6.07, 6.45) is 1.12. The molecule has 7 heteroatoms. The topological polar surface area (TPSA) is 58.2 Å². The van der Waals surface area contributed by atoms with E-state index in [0.29, 0.717) is 17.3 Å². The Bertz CT molecular complexity index is 750. The Morgan fingerprint density at radius 1 is 1.14 bits per heavy atom. The number of rotatable bonds is 5. The number of hydrogen-bond acceptors (Lipinski definition) is 3. The Morgan fingerprint density at radius 2 is 1.86 bits per heavy atom. The number of hydrogen-bond donors (Lipinski definition) is 2. The van der Waals surface area contributed by atoms with Crippen LogP contribution in [0.4, 0.5) is 11.4 Å². The van der Waals surface area contributed by atoms with E-state index in [1.165, 1.54) is 0 Å². The number of anilines is 2. The van der Waals surface area contributed by atoms with E-state index in [4.69, 9.17) is 11.6 Å². The largest absolute Gasteiger partial charge is 0.381 e. The van der Waals surface area contributed by atoms with Crippen LogP contribution in [0, 0.1) is 0 Å². The molecule has 4 nitrogen and oxygen atoms in total. The van der Waals surface area contributed by atoms with Crippen LogP contribution < -0.4 is 10.0 Å². The molecule has 112 valence electrons. The minimum absolute atomic E-state index is 0.526. The zero-order valence-electron chi connectivity index (χ0n) is 11.2. The Hall–Kier alpha value is -1.24. The van der Waals surface area contributed by atoms with Crippen LogP contribution in [-0.2, 0) is 16.6 Å². The van der Waals surface area contributed by atoms with Crippen LogP contribution in [0.5, 0.6) is 0 Å². The third-order valence-electron chi connectivity index (χ3n) is 2.66. The molecule has 0 aliphatic heterocycles. The minimum Gasteiger partial charge on any atom is -0.381 e. The Morgan fingerprint density at radius 3 is 2.52 bits per heavy atom. The molecule has 0 spiro atoms. The molecule has 0 atom stereocenters. The van der Waals surface area contributed by atoms with Gasteiger partial charge in [-0.25, -0.2) is 8.42 Å². The zero-order valence-corrected chi connectivity index (χ0v) is 14.4. The van der Waals surface area contributed by atoms with Crippen molar-refractivity contribution in [2.24, 2.45) is 0 Å². The highest BCUT2D eigenvalue weighted by molar-refractivity contribution is 9.10. The summed E-state index contributed by atoms with van der Waals surface area (Å²) in [4.78, 5) is 0. The van der Waals surface area contributed by atoms with Gasteiger partial charge in [0.1, 0.15) is 0 Å². The van der Waals surface area contributed by atoms with E-state index in [1.807, 2.05) is 24.3 Å². The molecule has 0 heterocycles. The van der Waals surface area contributed by atoms with Crippen molar-refractivity contribution in [3.63, 3.8) is 0 Å². The molecule has 0 aliphatic rings. The summed E-state index contributed by atoms with van der Waals surface area (Å²) in [5, 5.41) is 3.91. The summed E-state index contributed by atoms with van der Waals surface area (Å²) in [7, 11) is -3.27. The summed E-state index contributed by atoms with van der Waals surface area (Å²) < 4.78 is 25.8. The van der Waals surface area contributed by atoms with Crippen molar-refractivity contribution in [3.8, 4) is 0 Å². The van der Waals surface area contributed by atoms with Gasteiger partial charge in [-0.3, -0.25) is 4.72 Å². The SMILES string of the molecule is CS(=O)(=O)Nc1cccc(NCc2ccc(Cl)cc2Br)c1. The van der Waals surface area contributed by atoms with Gasteiger partial charge in [0, 0.05) is 21.7 Å². The van der Waals surface area contributed by atoms with Gasteiger partial charge >= 0.3 is 0 Å². The fraction of sp³-hybridized carbons (Fsp3) is 0.143. The normalized spacial score (nSPS) is 11.2. The van der Waals surface area contributed by atoms with Crippen molar-refractivity contribution in [1.82, 2.24) is 0 Å². The van der Waals surface area contributed by atoms with Crippen molar-refractivity contribution >= 4 is 48.9 Å². The smallest absolute Gasteiger partial charge is 0.229 e. The summed E-state index contributed by atoms with van der Waals surface area (Å²) in [5.41, 5.74) is 2.41. The summed E-state index contributed by atoms with van der Waals surface area (Å²) >= 11 is 9.36. The van der Waals surface area contributed by atoms with Gasteiger partial charge in [-0.1, -0.05) is 39.7 Å². The fourth-order valence-corrected chi connectivity index (χ4v) is 3.15. The van der Waals surface area contributed by atoms with Gasteiger partial charge in [0.15, 0.2) is 0 Å². The monoisotopic (exact) mass is 388 g/mol. The lowest BCUT2D eigenvalue weighted by Gasteiger charge is -2.10. The quantitative estimate of drug-likeness (QED) is 0.810. The second-order valence-corrected chi connectivity index (χ2v) is 7.58. The molecule has 0 bridgehead atoms. The van der Waals surface area contributed by atoms with Gasteiger partial charge in [-0.05, 0) is 35.9 Å². The molecule has 2 rings (SSSR count). The summed E-state index contributed by atoms with van der Waals surface area (Å²) in [6.45, 7) is 0.597. The van der Waals surface area contributed by atoms with Gasteiger partial charge in [0.05, 0.1) is 11.9 Å². The first-order chi connectivity index (χ1) is 9.83. The van der Waals surface area contributed by atoms with E-state index >= 15 is 0 Å². The Labute approximate surface area is 137 Å². The lowest BCUT2D eigenvalue weighted by atomic mass is 10.2. The van der Waals surface area contributed by atoms with Crippen molar-refractivity contribution in [3.05, 3.63) is 57.5 Å². The molecule has 2 N–H and O–H groups in total. The molecule has 0 radical (unpaired) electrons. The molecule has 2 aromatic carbocycles. The second kappa shape index (κ2) is 6.68. The van der Waals surface area contributed by atoms with Crippen LogP contribution in [0.1, 0.15) is 5.56 Å². The van der Waals surface area contributed by atoms with E-state index in [1.54, 1.807) is 18.2 Å². The van der Waals surface area contributed by atoms with Crippen molar-refractivity contribution < 1.29 is 8.42 Å². The lowest BCUT2D eigenvalue weighted by Crippen LogP contribution is -2.09. The highest BCUT2D eigenvalue weighted by Gasteiger charge is 2.04. The third-order valence-corrected chi connectivity index (χ3v) is 4.24. The maximum atomic E-state index is 11.2. The predicted molar refractivity (Wildman–Crippen MR) is 91.4 cm³/mol. The van der Waals surface area contributed by atoms with Gasteiger partial charge in [0.2, 0.25) is 10.0 Å². The first kappa shape index (κ1) is 16.1. The second-order valence-electron chi connectivity index (χ2n) is 4.54. The lowest BCUT2D eigenvalue weighted by molar-refractivity contribution is 0.607. The molecule has 0 fully saturated rings. The molecule has 0 saturated carbocycles. The Balaban J connectivity index is 2.08. The average Bonchev–Trinajstić information content (AvgIpc) is 2.36. The van der Waals surface area contributed by atoms with E-state index in [2.05, 4.69) is 26.0 Å². The van der Waals surface area contributed by atoms with Gasteiger partial charge in [-0.2, -0.15) is 0 Å². The van der Waals surface area contributed by atoms with E-state index in [-0.39, 0.29) is 0 Å². The highest BCUT2D eigenvalue weighted by Crippen LogP contribution is 2.23. The maximum Gasteiger partial charge on any atom is 0.229 e. The maximum absolute atomic E-state index is 11.2. The zero-order chi connectivity index (χ0) is 15.5. The molecule has 21 heavy (non-hydrogen) atoms. The van der Waals surface area contributed by atoms with Crippen molar-refractivity contribution in [2.75, 3.05) is 16.3 Å². The fourth-order valence-electron chi connectivity index (χ4n) is 1.77. The summed E-state index contributed by atoms with van der Waals surface area (Å²) in [6, 6.07) is 12.7. The number of sulfonamides is 1. The van der Waals surface area contributed by atoms with Crippen LogP contribution in [-0.4, -0.2) is 14.7 Å². The predicted octanol–water partition coefficient (Wildman–Crippen LogP) is 4.09. The third kappa shape index (κ3) is 5.22. The molecule has 0 unspecified atom stereocenters. The number of nitrogens with one attached hydrogen (secondary N) is 2. The van der Waals surface area contributed by atoms with Crippen LogP contribution in [0.25, 0.3) is 0 Å². The van der Waals surface area contributed by atoms with Gasteiger partial charge in [-0.15, -0.1) is 0 Å². The van der Waals surface area contributed by atoms with Gasteiger partial charge in [0.25, 0.3) is 0 Å². The Kier molecular flexibility index (Phi) is 5.13. The van der Waals surface area contributed by atoms with Crippen molar-refractivity contribution in [1.29, 1.82) is 0 Å². The number of halogens is 2. The van der Waals surface area contributed by atoms with Crippen molar-refractivity contribution in [2.45, 2.75) is 6.54 Å². The van der Waals surface area contributed by atoms with E-state index < -0.39 is 10.0 Å². The molecule has 0 aliphatic carbocycles. The van der Waals surface area contributed by atoms with E-state index in [9.17, 15) is 8.42 Å². The first-order valence-corrected chi connectivity index (χ1v) is 9.15.